The summed E-state index contributed by atoms with van der Waals surface area (Å²) in [5.74, 6) is -0.123. The van der Waals surface area contributed by atoms with Gasteiger partial charge in [0.25, 0.3) is 0 Å². The highest BCUT2D eigenvalue weighted by molar-refractivity contribution is 5.76. The molecule has 0 aliphatic heterocycles. The van der Waals surface area contributed by atoms with Crippen molar-refractivity contribution in [2.75, 3.05) is 13.2 Å². The second-order valence-electron chi connectivity index (χ2n) is 20.3. The number of aliphatic hydroxyl groups is 2. The molecule has 2 atom stereocenters. The first-order valence-electron chi connectivity index (χ1n) is 29.9. The summed E-state index contributed by atoms with van der Waals surface area (Å²) >= 11 is 0. The summed E-state index contributed by atoms with van der Waals surface area (Å²) in [5.41, 5.74) is 0. The average molecular weight is 955 g/mol. The lowest BCUT2D eigenvalue weighted by Gasteiger charge is -2.20. The third kappa shape index (κ3) is 53.2. The Kier molecular flexibility index (Phi) is 55.6. The maximum Gasteiger partial charge on any atom is 0.305 e. The van der Waals surface area contributed by atoms with E-state index in [1.165, 1.54) is 205 Å². The minimum atomic E-state index is -0.861. The van der Waals surface area contributed by atoms with Gasteiger partial charge in [0.05, 0.1) is 25.4 Å². The van der Waals surface area contributed by atoms with E-state index >= 15 is 0 Å². The van der Waals surface area contributed by atoms with Gasteiger partial charge >= 0.3 is 5.97 Å². The Hall–Kier alpha value is -2.18. The van der Waals surface area contributed by atoms with Crippen LogP contribution < -0.4 is 5.32 Å². The molecular formula is C62H115NO5. The molecule has 0 rings (SSSR count). The predicted octanol–water partition coefficient (Wildman–Crippen LogP) is 18.6. The van der Waals surface area contributed by atoms with Crippen molar-refractivity contribution in [3.8, 4) is 0 Å². The highest BCUT2D eigenvalue weighted by Gasteiger charge is 2.18. The number of ether oxygens (including phenoxy) is 1. The van der Waals surface area contributed by atoms with E-state index in [1.54, 1.807) is 6.08 Å². The molecule has 0 aromatic rings. The smallest absolute Gasteiger partial charge is 0.305 e. The fourth-order valence-corrected chi connectivity index (χ4v) is 8.96. The number of hydrogen-bond donors (Lipinski definition) is 3. The van der Waals surface area contributed by atoms with Gasteiger partial charge in [-0.25, -0.2) is 0 Å². The summed E-state index contributed by atoms with van der Waals surface area (Å²) in [7, 11) is 0. The zero-order valence-corrected chi connectivity index (χ0v) is 45.3. The summed E-state index contributed by atoms with van der Waals surface area (Å²) in [6, 6.07) is -0.647. The SMILES string of the molecule is CCCC/C=C\CCCCCCCC(=O)OCCCCC/C=C\C=C/CCCCCCCCC(=O)NC(CO)C(O)/C=C/CCCCCCCCCCCCCCCCCCCCCCCCC. The van der Waals surface area contributed by atoms with Gasteiger partial charge in [-0.1, -0.05) is 262 Å². The van der Waals surface area contributed by atoms with Gasteiger partial charge in [0.1, 0.15) is 0 Å². The van der Waals surface area contributed by atoms with Crippen molar-refractivity contribution >= 4 is 11.9 Å². The predicted molar refractivity (Wildman–Crippen MR) is 296 cm³/mol. The molecule has 0 bridgehead atoms. The van der Waals surface area contributed by atoms with Gasteiger partial charge in [0.2, 0.25) is 5.91 Å². The van der Waals surface area contributed by atoms with Crippen molar-refractivity contribution in [3.05, 3.63) is 48.6 Å². The summed E-state index contributed by atoms with van der Waals surface area (Å²) in [6.07, 6.45) is 72.9. The molecule has 68 heavy (non-hydrogen) atoms. The van der Waals surface area contributed by atoms with Crippen LogP contribution in [0.4, 0.5) is 0 Å². The van der Waals surface area contributed by atoms with Crippen molar-refractivity contribution in [1.29, 1.82) is 0 Å². The van der Waals surface area contributed by atoms with Crippen molar-refractivity contribution in [2.24, 2.45) is 0 Å². The second-order valence-corrected chi connectivity index (χ2v) is 20.3. The molecule has 0 aromatic heterocycles. The largest absolute Gasteiger partial charge is 0.466 e. The van der Waals surface area contributed by atoms with Gasteiger partial charge in [0, 0.05) is 12.8 Å². The molecule has 0 aliphatic rings. The molecule has 0 fully saturated rings. The molecule has 398 valence electrons. The number of hydrogen-bond acceptors (Lipinski definition) is 5. The van der Waals surface area contributed by atoms with E-state index in [1.807, 2.05) is 6.08 Å². The van der Waals surface area contributed by atoms with Gasteiger partial charge in [-0.05, 0) is 83.5 Å². The molecule has 0 heterocycles. The topological polar surface area (TPSA) is 95.9 Å². The van der Waals surface area contributed by atoms with Crippen LogP contribution in [0, 0.1) is 0 Å². The molecule has 1 amide bonds. The van der Waals surface area contributed by atoms with Crippen LogP contribution >= 0.6 is 0 Å². The van der Waals surface area contributed by atoms with Crippen molar-refractivity contribution in [3.63, 3.8) is 0 Å². The van der Waals surface area contributed by atoms with E-state index in [2.05, 4.69) is 55.6 Å². The van der Waals surface area contributed by atoms with Crippen LogP contribution in [0.3, 0.4) is 0 Å². The molecule has 0 spiro atoms. The maximum absolute atomic E-state index is 12.5. The molecule has 0 aromatic carbocycles. The zero-order valence-electron chi connectivity index (χ0n) is 45.3. The van der Waals surface area contributed by atoms with Gasteiger partial charge in [-0.2, -0.15) is 0 Å². The number of carbonyl (C=O) groups is 2. The fourth-order valence-electron chi connectivity index (χ4n) is 8.96. The van der Waals surface area contributed by atoms with Crippen LogP contribution in [0.25, 0.3) is 0 Å². The molecule has 6 heteroatoms. The molecule has 0 saturated heterocycles. The molecule has 0 aliphatic carbocycles. The lowest BCUT2D eigenvalue weighted by molar-refractivity contribution is -0.143. The Balaban J connectivity index is 3.55. The van der Waals surface area contributed by atoms with Crippen molar-refractivity contribution in [1.82, 2.24) is 5.32 Å². The van der Waals surface area contributed by atoms with E-state index in [-0.39, 0.29) is 18.5 Å². The molecule has 3 N–H and O–H groups in total. The Labute approximate surface area is 423 Å². The molecule has 0 radical (unpaired) electrons. The Morgan fingerprint density at radius 3 is 1.18 bits per heavy atom. The monoisotopic (exact) mass is 954 g/mol. The Morgan fingerprint density at radius 1 is 0.412 bits per heavy atom. The van der Waals surface area contributed by atoms with Crippen molar-refractivity contribution in [2.45, 2.75) is 321 Å². The number of rotatable bonds is 55. The van der Waals surface area contributed by atoms with Gasteiger partial charge in [-0.15, -0.1) is 0 Å². The molecular weight excluding hydrogens is 839 g/mol. The Bertz CT molecular complexity index is 1150. The number of esters is 1. The number of allylic oxidation sites excluding steroid dienone is 7. The fraction of sp³-hybridized carbons (Fsp3) is 0.839. The van der Waals surface area contributed by atoms with Crippen LogP contribution in [0.5, 0.6) is 0 Å². The van der Waals surface area contributed by atoms with Crippen LogP contribution in [-0.4, -0.2) is 47.4 Å². The summed E-state index contributed by atoms with van der Waals surface area (Å²) in [4.78, 5) is 24.5. The average Bonchev–Trinajstić information content (AvgIpc) is 3.34. The lowest BCUT2D eigenvalue weighted by atomic mass is 10.0. The second kappa shape index (κ2) is 57.4. The standard InChI is InChI=1S/C62H115NO5/c1-3-5-7-9-11-13-15-16-17-18-19-20-21-22-23-24-25-26-28-31-35-38-42-46-50-54-60(65)59(58-64)63-61(66)55-51-47-43-39-36-32-29-27-30-33-37-41-45-49-53-57-68-62(67)56-52-48-44-40-34-14-12-10-8-6-4-2/h10,12,27,30,33,37,50,54,59-60,64-65H,3-9,11,13-26,28-29,31-32,34-36,38-49,51-53,55-58H2,1-2H3,(H,63,66)/b12-10-,30-27-,37-33-,54-50+. The van der Waals surface area contributed by atoms with Gasteiger partial charge in [0.15, 0.2) is 0 Å². The number of nitrogens with one attached hydrogen (secondary N) is 1. The van der Waals surface area contributed by atoms with E-state index < -0.39 is 12.1 Å². The highest BCUT2D eigenvalue weighted by atomic mass is 16.5. The Morgan fingerprint density at radius 2 is 0.750 bits per heavy atom. The van der Waals surface area contributed by atoms with E-state index in [0.29, 0.717) is 19.4 Å². The van der Waals surface area contributed by atoms with Crippen LogP contribution in [0.1, 0.15) is 309 Å². The molecule has 0 saturated carbocycles. The highest BCUT2D eigenvalue weighted by Crippen LogP contribution is 2.17. The maximum atomic E-state index is 12.5. The number of carbonyl (C=O) groups excluding carboxylic acids is 2. The lowest BCUT2D eigenvalue weighted by Crippen LogP contribution is -2.45. The van der Waals surface area contributed by atoms with Gasteiger partial charge in [-0.3, -0.25) is 9.59 Å². The summed E-state index contributed by atoms with van der Waals surface area (Å²) < 4.78 is 5.42. The first kappa shape index (κ1) is 65.8. The summed E-state index contributed by atoms with van der Waals surface area (Å²) in [5, 5.41) is 23.2. The number of unbranched alkanes of at least 4 members (excludes halogenated alkanes) is 39. The molecule has 6 nitrogen and oxygen atoms in total. The summed E-state index contributed by atoms with van der Waals surface area (Å²) in [6.45, 7) is 4.82. The van der Waals surface area contributed by atoms with Crippen LogP contribution in [0.15, 0.2) is 48.6 Å². The zero-order chi connectivity index (χ0) is 49.3. The van der Waals surface area contributed by atoms with E-state index in [4.69, 9.17) is 4.74 Å². The third-order valence-corrected chi connectivity index (χ3v) is 13.6. The van der Waals surface area contributed by atoms with Crippen LogP contribution in [-0.2, 0) is 14.3 Å². The quantitative estimate of drug-likeness (QED) is 0.0244. The molecule has 2 unspecified atom stereocenters. The third-order valence-electron chi connectivity index (χ3n) is 13.6. The normalized spacial score (nSPS) is 12.9. The van der Waals surface area contributed by atoms with Crippen molar-refractivity contribution < 1.29 is 24.5 Å². The minimum absolute atomic E-state index is 0.0340. The minimum Gasteiger partial charge on any atom is -0.466 e. The number of amides is 1. The number of aliphatic hydroxyl groups excluding tert-OH is 2. The first-order valence-corrected chi connectivity index (χ1v) is 29.9. The van der Waals surface area contributed by atoms with Crippen LogP contribution in [0.2, 0.25) is 0 Å². The van der Waals surface area contributed by atoms with E-state index in [9.17, 15) is 19.8 Å². The van der Waals surface area contributed by atoms with E-state index in [0.717, 1.165) is 77.0 Å². The van der Waals surface area contributed by atoms with Gasteiger partial charge < -0.3 is 20.3 Å². The first-order chi connectivity index (χ1) is 33.5.